The van der Waals surface area contributed by atoms with Crippen LogP contribution in [0.15, 0.2) is 35.8 Å². The van der Waals surface area contributed by atoms with E-state index in [1.165, 1.54) is 11.1 Å². The van der Waals surface area contributed by atoms with Crippen molar-refractivity contribution in [1.82, 2.24) is 0 Å². The highest BCUT2D eigenvalue weighted by molar-refractivity contribution is 5.90. The summed E-state index contributed by atoms with van der Waals surface area (Å²) in [6.07, 6.45) is 4.31. The van der Waals surface area contributed by atoms with E-state index in [-0.39, 0.29) is 0 Å². The normalized spacial score (nSPS) is 10.7. The maximum atomic E-state index is 4.72. The van der Waals surface area contributed by atoms with Crippen molar-refractivity contribution in [3.8, 4) is 11.8 Å². The second kappa shape index (κ2) is 7.50. The van der Waals surface area contributed by atoms with Gasteiger partial charge in [0, 0.05) is 25.0 Å². The lowest BCUT2D eigenvalue weighted by Crippen LogP contribution is -1.95. The predicted molar refractivity (Wildman–Crippen MR) is 80.5 cm³/mol. The lowest BCUT2D eigenvalue weighted by atomic mass is 10.1. The Hall–Kier alpha value is -1.81. The van der Waals surface area contributed by atoms with E-state index in [2.05, 4.69) is 57.4 Å². The summed E-state index contributed by atoms with van der Waals surface area (Å²) in [4.78, 5) is 4.72. The fourth-order valence-corrected chi connectivity index (χ4v) is 1.62. The van der Waals surface area contributed by atoms with Crippen LogP contribution in [-0.2, 0) is 0 Å². The Labute approximate surface area is 111 Å². The zero-order valence-corrected chi connectivity index (χ0v) is 11.6. The van der Waals surface area contributed by atoms with Gasteiger partial charge in [0.15, 0.2) is 0 Å². The van der Waals surface area contributed by atoms with E-state index in [0.29, 0.717) is 0 Å². The van der Waals surface area contributed by atoms with Crippen LogP contribution >= 0.6 is 0 Å². The van der Waals surface area contributed by atoms with Gasteiger partial charge in [0.2, 0.25) is 0 Å². The van der Waals surface area contributed by atoms with Gasteiger partial charge in [0.1, 0.15) is 0 Å². The molecular formula is C17H21N. The van der Waals surface area contributed by atoms with Crippen LogP contribution in [0.25, 0.3) is 0 Å². The van der Waals surface area contributed by atoms with Gasteiger partial charge in [-0.15, -0.1) is 12.5 Å². The Morgan fingerprint density at radius 3 is 2.78 bits per heavy atom. The third-order valence-corrected chi connectivity index (χ3v) is 2.62. The average molecular weight is 239 g/mol. The van der Waals surface area contributed by atoms with Crippen molar-refractivity contribution < 1.29 is 0 Å². The second-order valence-electron chi connectivity index (χ2n) is 4.34. The molecule has 0 saturated heterocycles. The molecule has 94 valence electrons. The molecule has 0 fully saturated rings. The molecule has 0 unspecified atom stereocenters. The van der Waals surface area contributed by atoms with E-state index >= 15 is 0 Å². The molecular weight excluding hydrogens is 218 g/mol. The molecule has 0 bridgehead atoms. The number of hydrogen-bond acceptors (Lipinski definition) is 1. The summed E-state index contributed by atoms with van der Waals surface area (Å²) in [6, 6.07) is 6.33. The highest BCUT2D eigenvalue weighted by atomic mass is 14.7. The van der Waals surface area contributed by atoms with Gasteiger partial charge in [-0.3, -0.25) is 4.99 Å². The molecule has 0 N–H and O–H groups in total. The van der Waals surface area contributed by atoms with Crippen LogP contribution in [0, 0.1) is 25.7 Å². The number of aryl methyl sites for hydroxylation is 2. The number of benzene rings is 1. The average Bonchev–Trinajstić information content (AvgIpc) is 2.34. The van der Waals surface area contributed by atoms with Crippen molar-refractivity contribution in [3.63, 3.8) is 0 Å². The summed E-state index contributed by atoms with van der Waals surface area (Å²) in [5, 5.41) is 0. The maximum absolute atomic E-state index is 4.72. The summed E-state index contributed by atoms with van der Waals surface area (Å²) in [6.45, 7) is 10.0. The van der Waals surface area contributed by atoms with Crippen molar-refractivity contribution in [3.05, 3.63) is 42.0 Å². The van der Waals surface area contributed by atoms with Crippen molar-refractivity contribution >= 4 is 11.4 Å². The first kappa shape index (κ1) is 14.3. The van der Waals surface area contributed by atoms with Crippen LogP contribution < -0.4 is 0 Å². The Balaban J connectivity index is 2.99. The van der Waals surface area contributed by atoms with Gasteiger partial charge in [0.05, 0.1) is 5.69 Å². The molecule has 0 aromatic heterocycles. The molecule has 0 heterocycles. The Kier molecular flexibility index (Phi) is 5.94. The smallest absolute Gasteiger partial charge is 0.0661 e. The third kappa shape index (κ3) is 4.59. The summed E-state index contributed by atoms with van der Waals surface area (Å²) in [7, 11) is 0. The van der Waals surface area contributed by atoms with Crippen molar-refractivity contribution in [2.24, 2.45) is 4.99 Å². The SMILES string of the molecule is C=CC/C(CC#CCC)=N\c1cc(C)ccc1C. The molecule has 18 heavy (non-hydrogen) atoms. The third-order valence-electron chi connectivity index (χ3n) is 2.62. The molecule has 0 saturated carbocycles. The molecule has 0 radical (unpaired) electrons. The first-order valence-corrected chi connectivity index (χ1v) is 6.37. The summed E-state index contributed by atoms with van der Waals surface area (Å²) in [5.41, 5.74) is 4.56. The number of rotatable bonds is 4. The molecule has 1 aromatic carbocycles. The number of allylic oxidation sites excluding steroid dienone is 1. The Morgan fingerprint density at radius 2 is 2.11 bits per heavy atom. The minimum atomic E-state index is 0.729. The standard InChI is InChI=1S/C17H21N/c1-5-7-8-10-16(9-6-2)18-17-13-14(3)11-12-15(17)4/h6,11-13H,2,5,9-10H2,1,3-4H3/b18-16+. The summed E-state index contributed by atoms with van der Waals surface area (Å²) in [5.74, 6) is 6.23. The van der Waals surface area contributed by atoms with Gasteiger partial charge in [0.25, 0.3) is 0 Å². The quantitative estimate of drug-likeness (QED) is 0.408. The van der Waals surface area contributed by atoms with Crippen molar-refractivity contribution in [2.45, 2.75) is 40.0 Å². The summed E-state index contributed by atoms with van der Waals surface area (Å²) < 4.78 is 0. The minimum Gasteiger partial charge on any atom is -0.256 e. The van der Waals surface area contributed by atoms with E-state index in [1.54, 1.807) is 0 Å². The molecule has 0 amide bonds. The fourth-order valence-electron chi connectivity index (χ4n) is 1.62. The Morgan fingerprint density at radius 1 is 1.33 bits per heavy atom. The van der Waals surface area contributed by atoms with Crippen LogP contribution in [0.3, 0.4) is 0 Å². The van der Waals surface area contributed by atoms with Gasteiger partial charge in [-0.2, -0.15) is 0 Å². The monoisotopic (exact) mass is 239 g/mol. The first-order chi connectivity index (χ1) is 8.67. The predicted octanol–water partition coefficient (Wildman–Crippen LogP) is 4.76. The zero-order valence-electron chi connectivity index (χ0n) is 11.6. The van der Waals surface area contributed by atoms with Crippen molar-refractivity contribution in [2.75, 3.05) is 0 Å². The number of aliphatic imine (C=N–C) groups is 1. The van der Waals surface area contributed by atoms with Gasteiger partial charge >= 0.3 is 0 Å². The van der Waals surface area contributed by atoms with E-state index in [4.69, 9.17) is 4.99 Å². The topological polar surface area (TPSA) is 12.4 Å². The number of hydrogen-bond donors (Lipinski definition) is 0. The largest absolute Gasteiger partial charge is 0.256 e. The zero-order chi connectivity index (χ0) is 13.4. The first-order valence-electron chi connectivity index (χ1n) is 6.37. The number of nitrogens with zero attached hydrogens (tertiary/aromatic N) is 1. The molecule has 1 aromatic rings. The van der Waals surface area contributed by atoms with Gasteiger partial charge in [-0.05, 0) is 31.0 Å². The molecule has 0 aliphatic carbocycles. The molecule has 1 nitrogen and oxygen atoms in total. The van der Waals surface area contributed by atoms with Crippen LogP contribution in [-0.4, -0.2) is 5.71 Å². The van der Waals surface area contributed by atoms with Gasteiger partial charge in [-0.25, -0.2) is 0 Å². The molecule has 0 spiro atoms. The molecule has 0 aliphatic heterocycles. The highest BCUT2D eigenvalue weighted by Crippen LogP contribution is 2.21. The van der Waals surface area contributed by atoms with E-state index < -0.39 is 0 Å². The van der Waals surface area contributed by atoms with Crippen LogP contribution in [0.4, 0.5) is 5.69 Å². The van der Waals surface area contributed by atoms with E-state index in [0.717, 1.165) is 30.7 Å². The van der Waals surface area contributed by atoms with E-state index in [1.807, 2.05) is 6.08 Å². The fraction of sp³-hybridized carbons (Fsp3) is 0.353. The molecule has 0 aliphatic rings. The van der Waals surface area contributed by atoms with Crippen LogP contribution in [0.5, 0.6) is 0 Å². The van der Waals surface area contributed by atoms with Gasteiger partial charge in [-0.1, -0.05) is 31.1 Å². The molecule has 0 atom stereocenters. The van der Waals surface area contributed by atoms with Crippen LogP contribution in [0.1, 0.15) is 37.3 Å². The summed E-state index contributed by atoms with van der Waals surface area (Å²) >= 11 is 0. The maximum Gasteiger partial charge on any atom is 0.0661 e. The van der Waals surface area contributed by atoms with E-state index in [9.17, 15) is 0 Å². The second-order valence-corrected chi connectivity index (χ2v) is 4.34. The molecule has 1 rings (SSSR count). The lowest BCUT2D eigenvalue weighted by molar-refractivity contribution is 1.26. The van der Waals surface area contributed by atoms with Crippen molar-refractivity contribution in [1.29, 1.82) is 0 Å². The Bertz CT molecular complexity index is 498. The lowest BCUT2D eigenvalue weighted by Gasteiger charge is -2.04. The highest BCUT2D eigenvalue weighted by Gasteiger charge is 2.00. The minimum absolute atomic E-state index is 0.729. The van der Waals surface area contributed by atoms with Crippen LogP contribution in [0.2, 0.25) is 0 Å². The van der Waals surface area contributed by atoms with Gasteiger partial charge < -0.3 is 0 Å². The molecule has 1 heteroatoms.